The normalized spacial score (nSPS) is 11.6. The smallest absolute Gasteiger partial charge is 0.00139 e. The van der Waals surface area contributed by atoms with Gasteiger partial charge in [-0.15, -0.1) is 0 Å². The molecule has 10 aromatic carbocycles. The third kappa shape index (κ3) is 5.97. The molecule has 0 aliphatic carbocycles. The van der Waals surface area contributed by atoms with Gasteiger partial charge in [-0.1, -0.05) is 218 Å². The Hall–Kier alpha value is -7.02. The maximum atomic E-state index is 2.34. The number of fused-ring (bicyclic) bond motifs is 4. The van der Waals surface area contributed by atoms with Crippen LogP contribution in [0, 0.1) is 0 Å². The van der Waals surface area contributed by atoms with Gasteiger partial charge in [-0.05, 0) is 112 Å². The minimum atomic E-state index is 0.976. The summed E-state index contributed by atoms with van der Waals surface area (Å²) in [5.74, 6) is 0. The molecule has 0 bridgehead atoms. The summed E-state index contributed by atoms with van der Waals surface area (Å²) >= 11 is 0. The molecule has 10 rings (SSSR count). The van der Waals surface area contributed by atoms with Gasteiger partial charge >= 0.3 is 0 Å². The van der Waals surface area contributed by atoms with Crippen molar-refractivity contribution in [3.05, 3.63) is 229 Å². The Kier molecular flexibility index (Phi) is 8.78. The van der Waals surface area contributed by atoms with Crippen molar-refractivity contribution in [2.75, 3.05) is 0 Å². The second kappa shape index (κ2) is 14.7. The lowest BCUT2D eigenvalue weighted by Gasteiger charge is -2.23. The maximum Gasteiger partial charge on any atom is -0.00139 e. The van der Waals surface area contributed by atoms with Crippen molar-refractivity contribution in [3.63, 3.8) is 0 Å². The molecule has 0 amide bonds. The Morgan fingerprint density at radius 1 is 0.268 bits per heavy atom. The van der Waals surface area contributed by atoms with Crippen molar-refractivity contribution < 1.29 is 0 Å². The van der Waals surface area contributed by atoms with E-state index in [1.54, 1.807) is 0 Å². The molecule has 0 heteroatoms. The van der Waals surface area contributed by atoms with Crippen LogP contribution in [-0.2, 0) is 12.8 Å². The Morgan fingerprint density at radius 3 is 1.16 bits per heavy atom. The fourth-order valence-corrected chi connectivity index (χ4v) is 8.90. The van der Waals surface area contributed by atoms with Gasteiger partial charge in [0, 0.05) is 0 Å². The number of benzene rings is 10. The summed E-state index contributed by atoms with van der Waals surface area (Å²) < 4.78 is 0. The van der Waals surface area contributed by atoms with Crippen LogP contribution in [0.25, 0.3) is 88.6 Å². The standard InChI is InChI=1S/C56H40/c1-3-19-39(20-4-1)35-37-41-23-7-9-25-43(41)53-45-27-11-15-31-49(45)55(50-32-16-12-28-46(50)53)56-51-33-17-13-29-47(51)54(48-30-14-18-34-52(48)56)44-26-10-8-24-42(44)38-36-40-21-5-2-6-22-40/h1-35,37H,36,38H2. The first-order valence-electron chi connectivity index (χ1n) is 19.7. The van der Waals surface area contributed by atoms with Gasteiger partial charge < -0.3 is 0 Å². The molecule has 264 valence electrons. The molecule has 0 radical (unpaired) electrons. The SMILES string of the molecule is C(=Cc1ccccc1-c1c2ccccc2c(-c2c3ccccc3c(-c3ccccc3CCc3ccccc3)c3ccccc23)c2ccccc12)c1ccccc1. The minimum Gasteiger partial charge on any atom is -0.0622 e. The van der Waals surface area contributed by atoms with E-state index in [0.717, 1.165) is 12.8 Å². The molecule has 0 atom stereocenters. The molecule has 0 fully saturated rings. The molecule has 0 heterocycles. The molecule has 0 saturated heterocycles. The van der Waals surface area contributed by atoms with Gasteiger partial charge in [-0.2, -0.15) is 0 Å². The van der Waals surface area contributed by atoms with Crippen LogP contribution < -0.4 is 0 Å². The van der Waals surface area contributed by atoms with Crippen molar-refractivity contribution in [2.24, 2.45) is 0 Å². The first-order valence-corrected chi connectivity index (χ1v) is 19.7. The average Bonchev–Trinajstić information content (AvgIpc) is 3.27. The Morgan fingerprint density at radius 2 is 0.643 bits per heavy atom. The van der Waals surface area contributed by atoms with Gasteiger partial charge in [0.1, 0.15) is 0 Å². The summed E-state index contributed by atoms with van der Waals surface area (Å²) in [6.07, 6.45) is 6.46. The third-order valence-electron chi connectivity index (χ3n) is 11.4. The first-order chi connectivity index (χ1) is 27.8. The Labute approximate surface area is 328 Å². The molecule has 0 nitrogen and oxygen atoms in total. The predicted molar refractivity (Wildman–Crippen MR) is 242 cm³/mol. The van der Waals surface area contributed by atoms with Crippen LogP contribution in [0.2, 0.25) is 0 Å². The second-order valence-electron chi connectivity index (χ2n) is 14.7. The van der Waals surface area contributed by atoms with Crippen molar-refractivity contribution >= 4 is 55.2 Å². The van der Waals surface area contributed by atoms with E-state index in [0.29, 0.717) is 0 Å². The van der Waals surface area contributed by atoms with Crippen molar-refractivity contribution in [1.82, 2.24) is 0 Å². The van der Waals surface area contributed by atoms with Crippen LogP contribution in [-0.4, -0.2) is 0 Å². The molecule has 0 aliphatic heterocycles. The predicted octanol–water partition coefficient (Wildman–Crippen LogP) is 15.3. The monoisotopic (exact) mass is 712 g/mol. The minimum absolute atomic E-state index is 0.976. The summed E-state index contributed by atoms with van der Waals surface area (Å²) in [5.41, 5.74) is 12.8. The highest BCUT2D eigenvalue weighted by Crippen LogP contribution is 2.50. The van der Waals surface area contributed by atoms with Crippen LogP contribution in [0.3, 0.4) is 0 Å². The molecule has 0 aliphatic rings. The van der Waals surface area contributed by atoms with Gasteiger partial charge in [0.15, 0.2) is 0 Å². The van der Waals surface area contributed by atoms with Crippen molar-refractivity contribution in [3.8, 4) is 33.4 Å². The highest BCUT2D eigenvalue weighted by molar-refractivity contribution is 6.30. The molecule has 0 spiro atoms. The zero-order valence-corrected chi connectivity index (χ0v) is 31.2. The average molecular weight is 713 g/mol. The van der Waals surface area contributed by atoms with Gasteiger partial charge in [-0.3, -0.25) is 0 Å². The summed E-state index contributed by atoms with van der Waals surface area (Å²) in [5, 5.41) is 10.1. The fraction of sp³-hybridized carbons (Fsp3) is 0.0357. The van der Waals surface area contributed by atoms with Crippen LogP contribution in [0.1, 0.15) is 22.3 Å². The molecule has 0 N–H and O–H groups in total. The van der Waals surface area contributed by atoms with Gasteiger partial charge in [0.25, 0.3) is 0 Å². The molecular weight excluding hydrogens is 673 g/mol. The molecule has 10 aromatic rings. The Balaban J connectivity index is 1.25. The number of hydrogen-bond donors (Lipinski definition) is 0. The quantitative estimate of drug-likeness (QED) is 0.109. The van der Waals surface area contributed by atoms with E-state index in [1.807, 2.05) is 0 Å². The zero-order chi connectivity index (χ0) is 37.3. The van der Waals surface area contributed by atoms with Crippen LogP contribution >= 0.6 is 0 Å². The fourth-order valence-electron chi connectivity index (χ4n) is 8.90. The Bertz CT molecular complexity index is 2940. The highest BCUT2D eigenvalue weighted by atomic mass is 14.3. The lowest BCUT2D eigenvalue weighted by molar-refractivity contribution is 0.963. The summed E-state index contributed by atoms with van der Waals surface area (Å²) in [6.45, 7) is 0. The number of hydrogen-bond acceptors (Lipinski definition) is 0. The third-order valence-corrected chi connectivity index (χ3v) is 11.4. The lowest BCUT2D eigenvalue weighted by Crippen LogP contribution is -1.97. The van der Waals surface area contributed by atoms with E-state index >= 15 is 0 Å². The van der Waals surface area contributed by atoms with E-state index in [4.69, 9.17) is 0 Å². The zero-order valence-electron chi connectivity index (χ0n) is 31.2. The van der Waals surface area contributed by atoms with E-state index in [9.17, 15) is 0 Å². The lowest BCUT2D eigenvalue weighted by atomic mass is 9.80. The highest BCUT2D eigenvalue weighted by Gasteiger charge is 2.23. The van der Waals surface area contributed by atoms with Gasteiger partial charge in [0.2, 0.25) is 0 Å². The van der Waals surface area contributed by atoms with Gasteiger partial charge in [0.05, 0.1) is 0 Å². The molecular formula is C56H40. The number of rotatable bonds is 8. The van der Waals surface area contributed by atoms with E-state index in [-0.39, 0.29) is 0 Å². The largest absolute Gasteiger partial charge is 0.0622 e. The van der Waals surface area contributed by atoms with E-state index < -0.39 is 0 Å². The van der Waals surface area contributed by atoms with Gasteiger partial charge in [-0.25, -0.2) is 0 Å². The van der Waals surface area contributed by atoms with Crippen LogP contribution in [0.4, 0.5) is 0 Å². The summed E-state index contributed by atoms with van der Waals surface area (Å²) in [7, 11) is 0. The van der Waals surface area contributed by atoms with Crippen LogP contribution in [0.15, 0.2) is 206 Å². The maximum absolute atomic E-state index is 2.34. The summed E-state index contributed by atoms with van der Waals surface area (Å²) in [6, 6.07) is 75.6. The van der Waals surface area contributed by atoms with Crippen molar-refractivity contribution in [2.45, 2.75) is 12.8 Å². The van der Waals surface area contributed by atoms with E-state index in [2.05, 4.69) is 218 Å². The summed E-state index contributed by atoms with van der Waals surface area (Å²) in [4.78, 5) is 0. The van der Waals surface area contributed by atoms with Crippen molar-refractivity contribution in [1.29, 1.82) is 0 Å². The van der Waals surface area contributed by atoms with Crippen LogP contribution in [0.5, 0.6) is 0 Å². The van der Waals surface area contributed by atoms with E-state index in [1.165, 1.54) is 98.7 Å². The first kappa shape index (κ1) is 33.5. The molecule has 0 unspecified atom stereocenters. The topological polar surface area (TPSA) is 0 Å². The molecule has 0 saturated carbocycles. The molecule has 56 heavy (non-hydrogen) atoms. The number of aryl methyl sites for hydroxylation is 2. The molecule has 0 aromatic heterocycles. The second-order valence-corrected chi connectivity index (χ2v) is 14.7.